The number of carbonyl (C=O) groups is 1. The summed E-state index contributed by atoms with van der Waals surface area (Å²) in [5, 5.41) is 9.42. The molecule has 0 aliphatic heterocycles. The number of rotatable bonds is 3. The van der Waals surface area contributed by atoms with Crippen LogP contribution in [0.25, 0.3) is 5.57 Å². The highest BCUT2D eigenvalue weighted by Gasteiger charge is 2.16. The van der Waals surface area contributed by atoms with E-state index in [1.165, 1.54) is 6.92 Å². The fourth-order valence-electron chi connectivity index (χ4n) is 1.20. The van der Waals surface area contributed by atoms with Gasteiger partial charge < -0.3 is 9.84 Å². The first-order valence-corrected chi connectivity index (χ1v) is 4.64. The Labute approximate surface area is 88.2 Å². The topological polar surface area (TPSA) is 59.4 Å². The molecular weight excluding hydrogens is 194 g/mol. The van der Waals surface area contributed by atoms with Gasteiger partial charge in [0.05, 0.1) is 6.61 Å². The Morgan fingerprint density at radius 3 is 2.53 bits per heavy atom. The minimum absolute atomic E-state index is 0.0559. The van der Waals surface area contributed by atoms with Gasteiger partial charge in [-0.15, -0.1) is 0 Å². The molecule has 0 aliphatic rings. The first kappa shape index (κ1) is 11.2. The van der Waals surface area contributed by atoms with Crippen molar-refractivity contribution in [2.75, 3.05) is 6.61 Å². The van der Waals surface area contributed by atoms with E-state index in [1.54, 1.807) is 31.5 Å². The molecule has 4 heteroatoms. The molecule has 1 aromatic heterocycles. The van der Waals surface area contributed by atoms with Crippen LogP contribution in [0.5, 0.6) is 0 Å². The second-order valence-corrected chi connectivity index (χ2v) is 2.92. The van der Waals surface area contributed by atoms with Gasteiger partial charge in [0.1, 0.15) is 11.3 Å². The highest BCUT2D eigenvalue weighted by Crippen LogP contribution is 2.18. The van der Waals surface area contributed by atoms with E-state index in [1.807, 2.05) is 0 Å². The van der Waals surface area contributed by atoms with Crippen molar-refractivity contribution in [3.05, 3.63) is 35.8 Å². The monoisotopic (exact) mass is 207 g/mol. The molecule has 0 fully saturated rings. The van der Waals surface area contributed by atoms with Crippen LogP contribution < -0.4 is 0 Å². The van der Waals surface area contributed by atoms with Crippen LogP contribution >= 0.6 is 0 Å². The first-order chi connectivity index (χ1) is 7.16. The Kier molecular flexibility index (Phi) is 3.85. The Morgan fingerprint density at radius 2 is 2.07 bits per heavy atom. The lowest BCUT2D eigenvalue weighted by Crippen LogP contribution is -2.08. The maximum atomic E-state index is 11.5. The summed E-state index contributed by atoms with van der Waals surface area (Å²) in [6, 6.07) is 3.29. The van der Waals surface area contributed by atoms with Crippen molar-refractivity contribution in [2.24, 2.45) is 0 Å². The van der Waals surface area contributed by atoms with Crippen LogP contribution in [-0.2, 0) is 9.53 Å². The van der Waals surface area contributed by atoms with Crippen molar-refractivity contribution in [1.29, 1.82) is 0 Å². The van der Waals surface area contributed by atoms with Crippen molar-refractivity contribution in [2.45, 2.75) is 13.8 Å². The number of allylic oxidation sites excluding steroid dienone is 1. The SMILES string of the molecule is CCOC(=O)C(=C(C)O)c1ccncc1. The molecule has 80 valence electrons. The first-order valence-electron chi connectivity index (χ1n) is 4.64. The van der Waals surface area contributed by atoms with E-state index >= 15 is 0 Å². The lowest BCUT2D eigenvalue weighted by atomic mass is 10.1. The summed E-state index contributed by atoms with van der Waals surface area (Å²) >= 11 is 0. The predicted molar refractivity (Wildman–Crippen MR) is 56.1 cm³/mol. The average molecular weight is 207 g/mol. The molecule has 0 aliphatic carbocycles. The highest BCUT2D eigenvalue weighted by atomic mass is 16.5. The van der Waals surface area contributed by atoms with Gasteiger partial charge in [-0.1, -0.05) is 0 Å². The minimum atomic E-state index is -0.524. The van der Waals surface area contributed by atoms with Gasteiger partial charge in [-0.2, -0.15) is 0 Å². The van der Waals surface area contributed by atoms with Gasteiger partial charge >= 0.3 is 5.97 Å². The smallest absolute Gasteiger partial charge is 0.342 e. The molecule has 0 bridgehead atoms. The van der Waals surface area contributed by atoms with E-state index in [0.717, 1.165) is 0 Å². The molecule has 0 saturated carbocycles. The molecule has 0 atom stereocenters. The van der Waals surface area contributed by atoms with Gasteiger partial charge in [-0.3, -0.25) is 4.98 Å². The second kappa shape index (κ2) is 5.14. The summed E-state index contributed by atoms with van der Waals surface area (Å²) in [6.07, 6.45) is 3.11. The van der Waals surface area contributed by atoms with E-state index in [2.05, 4.69) is 4.98 Å². The standard InChI is InChI=1S/C11H13NO3/c1-3-15-11(14)10(8(2)13)9-4-6-12-7-5-9/h4-7,13H,3H2,1-2H3. The van der Waals surface area contributed by atoms with Gasteiger partial charge in [0.2, 0.25) is 0 Å². The third-order valence-corrected chi connectivity index (χ3v) is 1.81. The summed E-state index contributed by atoms with van der Waals surface area (Å²) in [5.41, 5.74) is 0.780. The highest BCUT2D eigenvalue weighted by molar-refractivity contribution is 6.16. The van der Waals surface area contributed by atoms with E-state index in [4.69, 9.17) is 4.74 Å². The molecule has 15 heavy (non-hydrogen) atoms. The quantitative estimate of drug-likeness (QED) is 0.467. The molecule has 1 aromatic rings. The van der Waals surface area contributed by atoms with Crippen LogP contribution in [-0.4, -0.2) is 22.7 Å². The summed E-state index contributed by atoms with van der Waals surface area (Å²) in [6.45, 7) is 3.45. The number of hydrogen-bond acceptors (Lipinski definition) is 4. The van der Waals surface area contributed by atoms with Crippen LogP contribution in [0.3, 0.4) is 0 Å². The van der Waals surface area contributed by atoms with E-state index in [9.17, 15) is 9.90 Å². The number of carbonyl (C=O) groups excluding carboxylic acids is 1. The summed E-state index contributed by atoms with van der Waals surface area (Å²) in [5.74, 6) is -0.580. The van der Waals surface area contributed by atoms with Crippen LogP contribution in [0.4, 0.5) is 0 Å². The third kappa shape index (κ3) is 2.80. The number of aliphatic hydroxyl groups is 1. The molecule has 0 radical (unpaired) electrons. The lowest BCUT2D eigenvalue weighted by Gasteiger charge is -2.07. The van der Waals surface area contributed by atoms with Gasteiger partial charge in [0.15, 0.2) is 0 Å². The van der Waals surface area contributed by atoms with Gasteiger partial charge in [0, 0.05) is 12.4 Å². The zero-order valence-electron chi connectivity index (χ0n) is 8.73. The van der Waals surface area contributed by atoms with Gasteiger partial charge in [-0.25, -0.2) is 4.79 Å². The number of aliphatic hydroxyl groups excluding tert-OH is 1. The second-order valence-electron chi connectivity index (χ2n) is 2.92. The maximum Gasteiger partial charge on any atom is 0.342 e. The molecule has 4 nitrogen and oxygen atoms in total. The minimum Gasteiger partial charge on any atom is -0.512 e. The summed E-state index contributed by atoms with van der Waals surface area (Å²) < 4.78 is 4.84. The Morgan fingerprint density at radius 1 is 1.47 bits per heavy atom. The normalized spacial score (nSPS) is 11.9. The average Bonchev–Trinajstić information content (AvgIpc) is 2.19. The number of esters is 1. The predicted octanol–water partition coefficient (Wildman–Crippen LogP) is 1.93. The Bertz CT molecular complexity index is 367. The van der Waals surface area contributed by atoms with Gasteiger partial charge in [-0.05, 0) is 31.5 Å². The van der Waals surface area contributed by atoms with Crippen molar-refractivity contribution < 1.29 is 14.6 Å². The van der Waals surface area contributed by atoms with Crippen molar-refractivity contribution in [1.82, 2.24) is 4.98 Å². The molecule has 0 amide bonds. The van der Waals surface area contributed by atoms with Crippen molar-refractivity contribution >= 4 is 11.5 Å². The van der Waals surface area contributed by atoms with E-state index < -0.39 is 5.97 Å². The van der Waals surface area contributed by atoms with Crippen molar-refractivity contribution in [3.63, 3.8) is 0 Å². The Balaban J connectivity index is 3.06. The maximum absolute atomic E-state index is 11.5. The van der Waals surface area contributed by atoms with Crippen LogP contribution in [0.2, 0.25) is 0 Å². The summed E-state index contributed by atoms with van der Waals surface area (Å²) in [7, 11) is 0. The molecule has 0 spiro atoms. The third-order valence-electron chi connectivity index (χ3n) is 1.81. The number of hydrogen-bond donors (Lipinski definition) is 1. The van der Waals surface area contributed by atoms with E-state index in [0.29, 0.717) is 5.56 Å². The molecule has 0 aromatic carbocycles. The molecule has 1 rings (SSSR count). The number of nitrogens with zero attached hydrogens (tertiary/aromatic N) is 1. The molecule has 1 N–H and O–H groups in total. The van der Waals surface area contributed by atoms with Crippen LogP contribution in [0.15, 0.2) is 30.3 Å². The van der Waals surface area contributed by atoms with Gasteiger partial charge in [0.25, 0.3) is 0 Å². The van der Waals surface area contributed by atoms with Crippen LogP contribution in [0, 0.1) is 0 Å². The summed E-state index contributed by atoms with van der Waals surface area (Å²) in [4.78, 5) is 15.4. The number of pyridine rings is 1. The zero-order chi connectivity index (χ0) is 11.3. The number of aromatic nitrogens is 1. The molecular formula is C11H13NO3. The fourth-order valence-corrected chi connectivity index (χ4v) is 1.20. The van der Waals surface area contributed by atoms with Crippen molar-refractivity contribution in [3.8, 4) is 0 Å². The lowest BCUT2D eigenvalue weighted by molar-refractivity contribution is -0.136. The largest absolute Gasteiger partial charge is 0.512 e. The Hall–Kier alpha value is -1.84. The van der Waals surface area contributed by atoms with Crippen LogP contribution in [0.1, 0.15) is 19.4 Å². The molecule has 0 unspecified atom stereocenters. The molecule has 0 saturated heterocycles. The molecule has 1 heterocycles. The fraction of sp³-hybridized carbons (Fsp3) is 0.273. The zero-order valence-corrected chi connectivity index (χ0v) is 8.73. The number of ether oxygens (including phenoxy) is 1. The van der Waals surface area contributed by atoms with E-state index in [-0.39, 0.29) is 17.9 Å².